The number of aryl methyl sites for hydroxylation is 7. The van der Waals surface area contributed by atoms with Gasteiger partial charge in [0.15, 0.2) is 0 Å². The van der Waals surface area contributed by atoms with E-state index in [1.807, 2.05) is 35.8 Å². The minimum atomic E-state index is -1.78. The van der Waals surface area contributed by atoms with Crippen molar-refractivity contribution >= 4 is 46.3 Å². The van der Waals surface area contributed by atoms with Gasteiger partial charge in [0.1, 0.15) is 0 Å². The van der Waals surface area contributed by atoms with Crippen LogP contribution in [-0.2, 0) is 13.5 Å². The predicted octanol–water partition coefficient (Wildman–Crippen LogP) is 8.60. The number of rotatable bonds is 3. The van der Waals surface area contributed by atoms with Gasteiger partial charge in [-0.05, 0) is 63.8 Å². The predicted molar refractivity (Wildman–Crippen MR) is 164 cm³/mol. The molecule has 1 aromatic heterocycles. The molecule has 1 aliphatic rings. The van der Waals surface area contributed by atoms with E-state index in [1.54, 1.807) is 0 Å². The van der Waals surface area contributed by atoms with Crippen molar-refractivity contribution in [3.63, 3.8) is 0 Å². The van der Waals surface area contributed by atoms with Crippen LogP contribution < -0.4 is 9.80 Å². The molecule has 6 heteroatoms. The molecule has 3 aromatic carbocycles. The van der Waals surface area contributed by atoms with Crippen LogP contribution in [0.3, 0.4) is 0 Å². The number of aromatic nitrogens is 1. The molecule has 0 bridgehead atoms. The van der Waals surface area contributed by atoms with Gasteiger partial charge < -0.3 is 9.80 Å². The molecule has 38 heavy (non-hydrogen) atoms. The van der Waals surface area contributed by atoms with E-state index >= 15 is 0 Å². The molecule has 0 N–H and O–H groups in total. The number of halogens is 2. The topological polar surface area (TPSA) is 19.4 Å². The van der Waals surface area contributed by atoms with Crippen molar-refractivity contribution < 1.29 is 13.5 Å². The Kier molecular flexibility index (Phi) is 9.29. The van der Waals surface area contributed by atoms with Crippen LogP contribution >= 0.6 is 19.4 Å². The molecule has 5 rings (SSSR count). The molecule has 0 saturated carbocycles. The van der Waals surface area contributed by atoms with Crippen molar-refractivity contribution in [3.8, 4) is 0 Å². The van der Waals surface area contributed by atoms with E-state index in [-0.39, 0.29) is 0 Å². The van der Waals surface area contributed by atoms with Crippen molar-refractivity contribution in [2.45, 2.75) is 48.5 Å². The molecule has 0 amide bonds. The Morgan fingerprint density at radius 3 is 1.71 bits per heavy atom. The minimum absolute atomic E-state index is 0.984. The van der Waals surface area contributed by atoms with E-state index in [9.17, 15) is 0 Å². The van der Waals surface area contributed by atoms with Gasteiger partial charge in [-0.3, -0.25) is 0 Å². The zero-order valence-electron chi connectivity index (χ0n) is 23.2. The zero-order valence-corrected chi connectivity index (χ0v) is 26.5. The number of nitrogens with zero attached hydrogens (tertiary/aromatic N) is 3. The van der Waals surface area contributed by atoms with E-state index in [2.05, 4.69) is 93.3 Å². The molecule has 202 valence electrons. The Morgan fingerprint density at radius 2 is 1.24 bits per heavy atom. The molecular weight excluding hydrogens is 598 g/mol. The quantitative estimate of drug-likeness (QED) is 0.166. The van der Waals surface area contributed by atoms with Gasteiger partial charge in [0.05, 0.1) is 0 Å². The molecule has 3 nitrogen and oxygen atoms in total. The molecule has 0 spiro atoms. The Hall–Kier alpha value is -2.26. The normalized spacial score (nSPS) is 13.4. The maximum atomic E-state index is 5.88. The van der Waals surface area contributed by atoms with Crippen LogP contribution in [0, 0.1) is 55.1 Å². The summed E-state index contributed by atoms with van der Waals surface area (Å²) in [4.78, 5) is 9.31. The number of fused-ring (bicyclic) bond motifs is 1. The summed E-state index contributed by atoms with van der Waals surface area (Å²) in [6, 6.07) is 19.2. The maximum absolute atomic E-state index is 5.88. The molecule has 1 fully saturated rings. The molecule has 0 unspecified atom stereocenters. The van der Waals surface area contributed by atoms with Gasteiger partial charge in [0, 0.05) is 24.5 Å². The van der Waals surface area contributed by atoms with E-state index in [0.29, 0.717) is 0 Å². The summed E-state index contributed by atoms with van der Waals surface area (Å²) in [6.07, 6.45) is 0. The van der Waals surface area contributed by atoms with E-state index < -0.39 is 13.5 Å². The van der Waals surface area contributed by atoms with Gasteiger partial charge in [-0.15, -0.1) is 0 Å². The fraction of sp³-hybridized carbons (Fsp3) is 0.281. The Morgan fingerprint density at radius 1 is 0.737 bits per heavy atom. The SMILES string of the molecule is Cc1cc(C)c(N2[CH-]N(c3c(C)cc(C)cc3C)CC2)c(C)c1.Cc1ccc2cccc([CH]=[Ru]([Cl])[Cl])c2n1. The first-order valence-electron chi connectivity index (χ1n) is 12.8. The zero-order chi connectivity index (χ0) is 27.6. The van der Waals surface area contributed by atoms with Gasteiger partial charge >= 0.3 is 102 Å². The van der Waals surface area contributed by atoms with Crippen LogP contribution in [0.15, 0.2) is 54.6 Å². The van der Waals surface area contributed by atoms with E-state index in [0.717, 1.165) is 35.2 Å². The number of benzene rings is 3. The van der Waals surface area contributed by atoms with Crippen molar-refractivity contribution in [3.05, 3.63) is 106 Å². The second-order valence-electron chi connectivity index (χ2n) is 10.2. The van der Waals surface area contributed by atoms with Crippen LogP contribution in [0.2, 0.25) is 0 Å². The van der Waals surface area contributed by atoms with Crippen LogP contribution in [0.5, 0.6) is 0 Å². The average molecular weight is 635 g/mol. The summed E-state index contributed by atoms with van der Waals surface area (Å²) < 4.78 is 1.93. The molecule has 0 atom stereocenters. The molecule has 0 radical (unpaired) electrons. The Bertz CT molecular complexity index is 1400. The first-order valence-corrected chi connectivity index (χ1v) is 18.2. The van der Waals surface area contributed by atoms with Crippen LogP contribution in [0.4, 0.5) is 11.4 Å². The number of hydrogen-bond donors (Lipinski definition) is 0. The summed E-state index contributed by atoms with van der Waals surface area (Å²) in [5, 5.41) is 1.12. The molecular formula is C32H36Cl2N3Ru-. The van der Waals surface area contributed by atoms with Gasteiger partial charge in [0.2, 0.25) is 0 Å². The third-order valence-electron chi connectivity index (χ3n) is 6.78. The van der Waals surface area contributed by atoms with Crippen molar-refractivity contribution in [2.75, 3.05) is 22.9 Å². The number of pyridine rings is 1. The first kappa shape index (κ1) is 28.7. The Labute approximate surface area is 240 Å². The van der Waals surface area contributed by atoms with Crippen LogP contribution in [0.25, 0.3) is 10.9 Å². The summed E-state index contributed by atoms with van der Waals surface area (Å²) in [7, 11) is 11.8. The monoisotopic (exact) mass is 634 g/mol. The summed E-state index contributed by atoms with van der Waals surface area (Å²) >= 11 is -1.78. The number of anilines is 2. The third-order valence-corrected chi connectivity index (χ3v) is 8.62. The average Bonchev–Trinajstić information content (AvgIpc) is 3.27. The molecule has 2 heterocycles. The fourth-order valence-corrected chi connectivity index (χ4v) is 7.32. The van der Waals surface area contributed by atoms with Gasteiger partial charge in [0.25, 0.3) is 0 Å². The van der Waals surface area contributed by atoms with Gasteiger partial charge in [-0.1, -0.05) is 35.4 Å². The molecule has 0 aliphatic carbocycles. The van der Waals surface area contributed by atoms with Crippen molar-refractivity contribution in [2.24, 2.45) is 0 Å². The van der Waals surface area contributed by atoms with Crippen molar-refractivity contribution in [1.82, 2.24) is 4.98 Å². The first-order chi connectivity index (χ1) is 18.0. The third kappa shape index (κ3) is 6.65. The van der Waals surface area contributed by atoms with Crippen molar-refractivity contribution in [1.29, 1.82) is 0 Å². The fourth-order valence-electron chi connectivity index (χ4n) is 5.52. The molecule has 1 aliphatic heterocycles. The molecule has 1 saturated heterocycles. The second kappa shape index (κ2) is 12.3. The van der Waals surface area contributed by atoms with Crippen LogP contribution in [-0.4, -0.2) is 22.7 Å². The van der Waals surface area contributed by atoms with E-state index in [1.165, 1.54) is 44.8 Å². The van der Waals surface area contributed by atoms with Gasteiger partial charge in [-0.25, -0.2) is 0 Å². The second-order valence-corrected chi connectivity index (χ2v) is 15.9. The Balaban J connectivity index is 0.000000194. The van der Waals surface area contributed by atoms with E-state index in [4.69, 9.17) is 19.4 Å². The summed E-state index contributed by atoms with van der Waals surface area (Å²) in [5.41, 5.74) is 13.9. The van der Waals surface area contributed by atoms with Crippen LogP contribution in [0.1, 0.15) is 44.6 Å². The molecule has 4 aromatic rings. The van der Waals surface area contributed by atoms with Gasteiger partial charge in [-0.2, -0.15) is 6.67 Å². The number of hydrogen-bond acceptors (Lipinski definition) is 3. The number of para-hydroxylation sites is 1. The summed E-state index contributed by atoms with van der Waals surface area (Å²) in [5.74, 6) is 0. The standard InChI is InChI=1S/C21H27N2.C11H9N.2ClH.Ru/c1-14-9-16(3)20(17(4)10-14)22-7-8-23(13-22)21-18(5)11-15(2)12-19(21)6;1-8-4-3-5-10-7-6-9(2)12-11(8)10;;;/h9-13H,7-8H2,1-6H3;1,3-7H,2H3;2*1H;/q-1;;;;+2/p-2. The summed E-state index contributed by atoms with van der Waals surface area (Å²) in [6.45, 7) is 19.5.